The van der Waals surface area contributed by atoms with Crippen LogP contribution in [0.3, 0.4) is 0 Å². The van der Waals surface area contributed by atoms with Crippen LogP contribution in [0.2, 0.25) is 0 Å². The van der Waals surface area contributed by atoms with E-state index in [1.165, 1.54) is 0 Å². The minimum absolute atomic E-state index is 0. The summed E-state index contributed by atoms with van der Waals surface area (Å²) >= 11 is 0. The molecule has 0 aliphatic rings. The van der Waals surface area contributed by atoms with Crippen LogP contribution in [-0.4, -0.2) is 19.9 Å². The fraction of sp³-hybridized carbons (Fsp3) is 1.00. The summed E-state index contributed by atoms with van der Waals surface area (Å²) in [6.45, 7) is 4.89. The molecule has 1 unspecified atom stereocenters. The van der Waals surface area contributed by atoms with Crippen LogP contribution >= 0.6 is 12.4 Å². The molecule has 0 bridgehead atoms. The summed E-state index contributed by atoms with van der Waals surface area (Å²) in [4.78, 5) is 0. The van der Waals surface area contributed by atoms with Crippen molar-refractivity contribution in [2.75, 3.05) is 13.7 Å². The molecule has 0 spiro atoms. The molecule has 0 heterocycles. The molecule has 0 radical (unpaired) electrons. The molecule has 1 atom stereocenters. The Morgan fingerprint density at radius 3 is 2.11 bits per heavy atom. The number of hydrogen-bond donors (Lipinski definition) is 1. The lowest BCUT2D eigenvalue weighted by Crippen LogP contribution is -2.27. The van der Waals surface area contributed by atoms with E-state index in [-0.39, 0.29) is 18.6 Å². The first-order valence-electron chi connectivity index (χ1n) is 3.14. The van der Waals surface area contributed by atoms with E-state index >= 15 is 0 Å². The van der Waals surface area contributed by atoms with Crippen LogP contribution in [0.5, 0.6) is 0 Å². The molecule has 0 rings (SSSR count). The zero-order chi connectivity index (χ0) is 6.41. The van der Waals surface area contributed by atoms with E-state index in [2.05, 4.69) is 12.2 Å². The average molecular weight is 154 g/mol. The number of halogens is 1. The van der Waals surface area contributed by atoms with Crippen molar-refractivity contribution in [3.05, 3.63) is 0 Å². The van der Waals surface area contributed by atoms with Crippen LogP contribution in [0.15, 0.2) is 0 Å². The lowest BCUT2D eigenvalue weighted by Gasteiger charge is -2.12. The molecule has 9 heavy (non-hydrogen) atoms. The highest BCUT2D eigenvalue weighted by molar-refractivity contribution is 5.85. The highest BCUT2D eigenvalue weighted by Crippen LogP contribution is 1.89. The van der Waals surface area contributed by atoms with E-state index in [0.29, 0.717) is 0 Å². The molecule has 0 fully saturated rings. The second-order valence-corrected chi connectivity index (χ2v) is 1.64. The van der Waals surface area contributed by atoms with Crippen LogP contribution in [0.25, 0.3) is 0 Å². The normalized spacial score (nSPS) is 12.3. The Kier molecular flexibility index (Phi) is 10.9. The van der Waals surface area contributed by atoms with Gasteiger partial charge in [-0.25, -0.2) is 0 Å². The Morgan fingerprint density at radius 1 is 1.44 bits per heavy atom. The van der Waals surface area contributed by atoms with E-state index in [1.807, 2.05) is 14.0 Å². The maximum atomic E-state index is 5.23. The summed E-state index contributed by atoms with van der Waals surface area (Å²) in [5.74, 6) is 0. The van der Waals surface area contributed by atoms with Gasteiger partial charge in [-0.05, 0) is 20.4 Å². The predicted molar refractivity (Wildman–Crippen MR) is 42.0 cm³/mol. The van der Waals surface area contributed by atoms with Gasteiger partial charge in [-0.2, -0.15) is 0 Å². The second-order valence-electron chi connectivity index (χ2n) is 1.64. The predicted octanol–water partition coefficient (Wildman–Crippen LogP) is 1.40. The summed E-state index contributed by atoms with van der Waals surface area (Å²) in [5.41, 5.74) is 0. The lowest BCUT2D eigenvalue weighted by atomic mass is 10.4. The Hall–Kier alpha value is 0.210. The lowest BCUT2D eigenvalue weighted by molar-refractivity contribution is 0.0415. The van der Waals surface area contributed by atoms with Crippen molar-refractivity contribution in [3.8, 4) is 0 Å². The van der Waals surface area contributed by atoms with Gasteiger partial charge in [0.15, 0.2) is 0 Å². The first-order chi connectivity index (χ1) is 3.85. The molecule has 0 aromatic carbocycles. The molecular formula is C6H16ClNO. The van der Waals surface area contributed by atoms with Crippen LogP contribution in [0.4, 0.5) is 0 Å². The quantitative estimate of drug-likeness (QED) is 0.617. The molecule has 1 N–H and O–H groups in total. The number of rotatable bonds is 4. The molecule has 0 aromatic heterocycles. The molecule has 0 saturated heterocycles. The zero-order valence-corrected chi connectivity index (χ0v) is 7.12. The Balaban J connectivity index is 0. The topological polar surface area (TPSA) is 21.3 Å². The van der Waals surface area contributed by atoms with Gasteiger partial charge in [0.2, 0.25) is 0 Å². The molecule has 3 heteroatoms. The highest BCUT2D eigenvalue weighted by atomic mass is 35.5. The van der Waals surface area contributed by atoms with Gasteiger partial charge in [-0.15, -0.1) is 12.4 Å². The third-order valence-corrected chi connectivity index (χ3v) is 1.06. The maximum Gasteiger partial charge on any atom is 0.107 e. The van der Waals surface area contributed by atoms with E-state index in [1.54, 1.807) is 0 Å². The fourth-order valence-electron chi connectivity index (χ4n) is 0.606. The molecule has 2 nitrogen and oxygen atoms in total. The Bertz CT molecular complexity index is 48.3. The van der Waals surface area contributed by atoms with E-state index in [0.717, 1.165) is 13.0 Å². The summed E-state index contributed by atoms with van der Waals surface area (Å²) in [5, 5.41) is 3.03. The van der Waals surface area contributed by atoms with Gasteiger partial charge in [0.25, 0.3) is 0 Å². The van der Waals surface area contributed by atoms with E-state index in [9.17, 15) is 0 Å². The van der Waals surface area contributed by atoms with Gasteiger partial charge in [-0.3, -0.25) is 5.32 Å². The van der Waals surface area contributed by atoms with Gasteiger partial charge >= 0.3 is 0 Å². The van der Waals surface area contributed by atoms with Crippen LogP contribution in [-0.2, 0) is 4.74 Å². The van der Waals surface area contributed by atoms with Gasteiger partial charge in [0, 0.05) is 6.61 Å². The molecular weight excluding hydrogens is 138 g/mol. The molecule has 0 aliphatic heterocycles. The standard InChI is InChI=1S/C6H15NO.ClH/c1-4-6(7-3)8-5-2;/h6-7H,4-5H2,1-3H3;1H. The third-order valence-electron chi connectivity index (χ3n) is 1.06. The fourth-order valence-corrected chi connectivity index (χ4v) is 0.606. The molecule has 0 aliphatic carbocycles. The third kappa shape index (κ3) is 6.09. The first-order valence-corrected chi connectivity index (χ1v) is 3.14. The van der Waals surface area contributed by atoms with Crippen LogP contribution in [0, 0.1) is 0 Å². The van der Waals surface area contributed by atoms with Crippen molar-refractivity contribution in [1.29, 1.82) is 0 Å². The number of hydrogen-bond acceptors (Lipinski definition) is 2. The molecule has 0 amide bonds. The zero-order valence-electron chi connectivity index (χ0n) is 6.31. The van der Waals surface area contributed by atoms with Crippen molar-refractivity contribution in [3.63, 3.8) is 0 Å². The molecule has 0 aromatic rings. The largest absolute Gasteiger partial charge is 0.364 e. The number of ether oxygens (including phenoxy) is 1. The maximum absolute atomic E-state index is 5.23. The van der Waals surface area contributed by atoms with Gasteiger partial charge in [-0.1, -0.05) is 6.92 Å². The molecule has 0 saturated carbocycles. The summed E-state index contributed by atoms with van der Waals surface area (Å²) < 4.78 is 5.23. The summed E-state index contributed by atoms with van der Waals surface area (Å²) in [6.07, 6.45) is 1.28. The van der Waals surface area contributed by atoms with Crippen molar-refractivity contribution >= 4 is 12.4 Å². The minimum Gasteiger partial charge on any atom is -0.364 e. The van der Waals surface area contributed by atoms with E-state index < -0.39 is 0 Å². The average Bonchev–Trinajstić information content (AvgIpc) is 1.83. The second kappa shape index (κ2) is 8.21. The first kappa shape index (κ1) is 11.9. The SMILES string of the molecule is CCOC(CC)NC.Cl. The van der Waals surface area contributed by atoms with Crippen molar-refractivity contribution in [2.45, 2.75) is 26.5 Å². The highest BCUT2D eigenvalue weighted by Gasteiger charge is 1.97. The minimum atomic E-state index is 0. The summed E-state index contributed by atoms with van der Waals surface area (Å²) in [6, 6.07) is 0. The van der Waals surface area contributed by atoms with Crippen LogP contribution < -0.4 is 5.32 Å². The van der Waals surface area contributed by atoms with Gasteiger partial charge < -0.3 is 4.74 Å². The molecule has 58 valence electrons. The Labute approximate surface area is 63.4 Å². The summed E-state index contributed by atoms with van der Waals surface area (Å²) in [7, 11) is 1.91. The monoisotopic (exact) mass is 153 g/mol. The van der Waals surface area contributed by atoms with E-state index in [4.69, 9.17) is 4.74 Å². The van der Waals surface area contributed by atoms with Gasteiger partial charge in [0.1, 0.15) is 6.23 Å². The van der Waals surface area contributed by atoms with Crippen LogP contribution in [0.1, 0.15) is 20.3 Å². The number of nitrogens with one attached hydrogen (secondary N) is 1. The van der Waals surface area contributed by atoms with Crippen molar-refractivity contribution < 1.29 is 4.74 Å². The Morgan fingerprint density at radius 2 is 2.00 bits per heavy atom. The van der Waals surface area contributed by atoms with Crippen molar-refractivity contribution in [2.24, 2.45) is 0 Å². The van der Waals surface area contributed by atoms with Crippen molar-refractivity contribution in [1.82, 2.24) is 5.32 Å². The van der Waals surface area contributed by atoms with Gasteiger partial charge in [0.05, 0.1) is 0 Å². The smallest absolute Gasteiger partial charge is 0.107 e.